The summed E-state index contributed by atoms with van der Waals surface area (Å²) in [7, 11) is 0. The Bertz CT molecular complexity index is 739. The van der Waals surface area contributed by atoms with Crippen LogP contribution < -0.4 is 10.2 Å². The molecule has 0 fully saturated rings. The molecule has 24 heavy (non-hydrogen) atoms. The SMILES string of the molecule is C/C(=N\NC(=O)Cn1nc(C)cc1C)c1ccc(OC(F)F)cc1. The summed E-state index contributed by atoms with van der Waals surface area (Å²) in [4.78, 5) is 11.9. The molecular weight excluding hydrogens is 318 g/mol. The Hall–Kier alpha value is -2.77. The minimum absolute atomic E-state index is 0.0649. The average molecular weight is 336 g/mol. The number of nitrogens with one attached hydrogen (secondary N) is 1. The molecule has 0 saturated heterocycles. The van der Waals surface area contributed by atoms with Crippen molar-refractivity contribution < 1.29 is 18.3 Å². The van der Waals surface area contributed by atoms with Crippen LogP contribution in [-0.4, -0.2) is 28.0 Å². The number of ether oxygens (including phenoxy) is 1. The molecule has 0 aliphatic heterocycles. The van der Waals surface area contributed by atoms with Crippen molar-refractivity contribution >= 4 is 11.6 Å². The molecule has 0 unspecified atom stereocenters. The molecule has 128 valence electrons. The Kier molecular flexibility index (Phi) is 5.62. The van der Waals surface area contributed by atoms with Crippen LogP contribution >= 0.6 is 0 Å². The monoisotopic (exact) mass is 336 g/mol. The van der Waals surface area contributed by atoms with Crippen LogP contribution in [0.3, 0.4) is 0 Å². The fraction of sp³-hybridized carbons (Fsp3) is 0.312. The first-order chi connectivity index (χ1) is 11.3. The molecule has 0 spiro atoms. The molecule has 1 heterocycles. The highest BCUT2D eigenvalue weighted by Crippen LogP contribution is 2.15. The molecule has 1 aromatic carbocycles. The summed E-state index contributed by atoms with van der Waals surface area (Å²) in [6.07, 6.45) is 0. The minimum Gasteiger partial charge on any atom is -0.435 e. The summed E-state index contributed by atoms with van der Waals surface area (Å²) in [5.74, 6) is -0.242. The zero-order chi connectivity index (χ0) is 17.7. The Morgan fingerprint density at radius 2 is 2.00 bits per heavy atom. The van der Waals surface area contributed by atoms with Crippen LogP contribution in [0.5, 0.6) is 5.75 Å². The van der Waals surface area contributed by atoms with E-state index in [9.17, 15) is 13.6 Å². The van der Waals surface area contributed by atoms with E-state index < -0.39 is 6.61 Å². The van der Waals surface area contributed by atoms with E-state index in [0.717, 1.165) is 11.4 Å². The average Bonchev–Trinajstić information content (AvgIpc) is 2.82. The zero-order valence-electron chi connectivity index (χ0n) is 13.6. The van der Waals surface area contributed by atoms with Crippen LogP contribution in [0.25, 0.3) is 0 Å². The number of halogens is 2. The van der Waals surface area contributed by atoms with Crippen molar-refractivity contribution in [1.29, 1.82) is 0 Å². The van der Waals surface area contributed by atoms with Gasteiger partial charge < -0.3 is 4.74 Å². The maximum atomic E-state index is 12.1. The highest BCUT2D eigenvalue weighted by atomic mass is 19.3. The smallest absolute Gasteiger partial charge is 0.387 e. The summed E-state index contributed by atoms with van der Waals surface area (Å²) in [5, 5.41) is 8.21. The van der Waals surface area contributed by atoms with Crippen LogP contribution in [0.2, 0.25) is 0 Å². The van der Waals surface area contributed by atoms with Crippen molar-refractivity contribution in [3.63, 3.8) is 0 Å². The van der Waals surface area contributed by atoms with Gasteiger partial charge in [-0.15, -0.1) is 0 Å². The third kappa shape index (κ3) is 4.87. The molecular formula is C16H18F2N4O2. The van der Waals surface area contributed by atoms with E-state index in [1.807, 2.05) is 19.9 Å². The van der Waals surface area contributed by atoms with Crippen molar-refractivity contribution in [3.05, 3.63) is 47.3 Å². The van der Waals surface area contributed by atoms with E-state index in [4.69, 9.17) is 0 Å². The van der Waals surface area contributed by atoms with Crippen molar-refractivity contribution in [3.8, 4) is 5.75 Å². The Morgan fingerprint density at radius 3 is 2.54 bits per heavy atom. The number of amides is 1. The van der Waals surface area contributed by atoms with E-state index in [2.05, 4.69) is 20.4 Å². The summed E-state index contributed by atoms with van der Waals surface area (Å²) in [6, 6.07) is 7.88. The molecule has 0 aliphatic carbocycles. The second-order valence-corrected chi connectivity index (χ2v) is 5.22. The van der Waals surface area contributed by atoms with E-state index in [1.165, 1.54) is 12.1 Å². The first-order valence-corrected chi connectivity index (χ1v) is 7.24. The molecule has 1 N–H and O–H groups in total. The molecule has 8 heteroatoms. The highest BCUT2D eigenvalue weighted by Gasteiger charge is 2.07. The highest BCUT2D eigenvalue weighted by molar-refractivity contribution is 5.99. The number of aromatic nitrogens is 2. The third-order valence-electron chi connectivity index (χ3n) is 3.24. The predicted molar refractivity (Wildman–Crippen MR) is 85.1 cm³/mol. The lowest BCUT2D eigenvalue weighted by atomic mass is 10.1. The zero-order valence-corrected chi connectivity index (χ0v) is 13.6. The van der Waals surface area contributed by atoms with Gasteiger partial charge in [-0.25, -0.2) is 5.43 Å². The van der Waals surface area contributed by atoms with Crippen molar-refractivity contribution in [2.75, 3.05) is 0 Å². The Labute approximate surface area is 138 Å². The standard InChI is InChI=1S/C16H18F2N4O2/c1-10-8-11(2)22(21-10)9-15(23)20-19-12(3)13-4-6-14(7-5-13)24-16(17)18/h4-8,16H,9H2,1-3H3,(H,20,23)/b19-12+. The van der Waals surface area contributed by atoms with E-state index >= 15 is 0 Å². The van der Waals surface area contributed by atoms with Gasteiger partial charge in [0.15, 0.2) is 0 Å². The number of carbonyl (C=O) groups excluding carboxylic acids is 1. The van der Waals surface area contributed by atoms with Gasteiger partial charge in [-0.2, -0.15) is 19.0 Å². The minimum atomic E-state index is -2.86. The second kappa shape index (κ2) is 7.67. The maximum Gasteiger partial charge on any atom is 0.387 e. The van der Waals surface area contributed by atoms with Crippen LogP contribution in [-0.2, 0) is 11.3 Å². The largest absolute Gasteiger partial charge is 0.435 e. The lowest BCUT2D eigenvalue weighted by Gasteiger charge is -2.06. The number of rotatable bonds is 6. The van der Waals surface area contributed by atoms with Gasteiger partial charge in [-0.3, -0.25) is 9.48 Å². The van der Waals surface area contributed by atoms with Gasteiger partial charge in [0, 0.05) is 5.69 Å². The number of hydrogen-bond acceptors (Lipinski definition) is 4. The Morgan fingerprint density at radius 1 is 1.33 bits per heavy atom. The molecule has 1 amide bonds. The molecule has 0 radical (unpaired) electrons. The van der Waals surface area contributed by atoms with Gasteiger partial charge in [0.1, 0.15) is 12.3 Å². The van der Waals surface area contributed by atoms with Crippen molar-refractivity contribution in [2.24, 2.45) is 5.10 Å². The van der Waals surface area contributed by atoms with Crippen LogP contribution in [0, 0.1) is 13.8 Å². The number of carbonyl (C=O) groups is 1. The van der Waals surface area contributed by atoms with Gasteiger partial charge >= 0.3 is 6.61 Å². The van der Waals surface area contributed by atoms with Crippen LogP contribution in [0.1, 0.15) is 23.9 Å². The summed E-state index contributed by atoms with van der Waals surface area (Å²) in [5.41, 5.74) is 5.40. The topological polar surface area (TPSA) is 68.5 Å². The quantitative estimate of drug-likeness (QED) is 0.651. The van der Waals surface area contributed by atoms with Crippen molar-refractivity contribution in [2.45, 2.75) is 33.9 Å². The maximum absolute atomic E-state index is 12.1. The fourth-order valence-electron chi connectivity index (χ4n) is 2.09. The number of hydrazone groups is 1. The number of aryl methyl sites for hydroxylation is 2. The van der Waals surface area contributed by atoms with Gasteiger partial charge in [0.05, 0.1) is 11.4 Å². The molecule has 0 bridgehead atoms. The summed E-state index contributed by atoms with van der Waals surface area (Å²) >= 11 is 0. The number of nitrogens with zero attached hydrogens (tertiary/aromatic N) is 3. The molecule has 0 saturated carbocycles. The van der Waals surface area contributed by atoms with Gasteiger partial charge in [-0.1, -0.05) is 0 Å². The number of benzene rings is 1. The lowest BCUT2D eigenvalue weighted by Crippen LogP contribution is -2.25. The molecule has 2 aromatic rings. The van der Waals surface area contributed by atoms with Crippen molar-refractivity contribution in [1.82, 2.24) is 15.2 Å². The third-order valence-corrected chi connectivity index (χ3v) is 3.24. The predicted octanol–water partition coefficient (Wildman–Crippen LogP) is 2.64. The van der Waals surface area contributed by atoms with Gasteiger partial charge in [0.25, 0.3) is 5.91 Å². The summed E-state index contributed by atoms with van der Waals surface area (Å²) in [6.45, 7) is 2.62. The molecule has 0 aliphatic rings. The normalized spacial score (nSPS) is 11.7. The van der Waals surface area contributed by atoms with E-state index in [-0.39, 0.29) is 18.2 Å². The van der Waals surface area contributed by atoms with E-state index in [1.54, 1.807) is 23.7 Å². The molecule has 6 nitrogen and oxygen atoms in total. The van der Waals surface area contributed by atoms with E-state index in [0.29, 0.717) is 11.3 Å². The lowest BCUT2D eigenvalue weighted by molar-refractivity contribution is -0.121. The van der Waals surface area contributed by atoms with Gasteiger partial charge in [-0.05, 0) is 56.7 Å². The van der Waals surface area contributed by atoms with Crippen LogP contribution in [0.4, 0.5) is 8.78 Å². The molecule has 1 aromatic heterocycles. The first-order valence-electron chi connectivity index (χ1n) is 7.24. The number of alkyl halides is 2. The number of hydrogen-bond donors (Lipinski definition) is 1. The molecule has 0 atom stereocenters. The second-order valence-electron chi connectivity index (χ2n) is 5.22. The fourth-order valence-corrected chi connectivity index (χ4v) is 2.09. The summed E-state index contributed by atoms with van der Waals surface area (Å²) < 4.78 is 30.1. The first kappa shape index (κ1) is 17.6. The van der Waals surface area contributed by atoms with Crippen LogP contribution in [0.15, 0.2) is 35.4 Å². The van der Waals surface area contributed by atoms with Gasteiger partial charge in [0.2, 0.25) is 0 Å². The molecule has 2 rings (SSSR count). The Balaban J connectivity index is 1.95.